The lowest BCUT2D eigenvalue weighted by Crippen LogP contribution is -2.50. The third-order valence-electron chi connectivity index (χ3n) is 2.24. The van der Waals surface area contributed by atoms with Crippen molar-refractivity contribution < 1.29 is 24.6 Å². The highest BCUT2D eigenvalue weighted by molar-refractivity contribution is 5.87. The number of nitrogens with one attached hydrogen (secondary N) is 1. The molecule has 1 amide bonds. The Labute approximate surface area is 99.0 Å². The first kappa shape index (κ1) is 15.4. The van der Waals surface area contributed by atoms with Crippen molar-refractivity contribution in [1.82, 2.24) is 5.32 Å². The van der Waals surface area contributed by atoms with Gasteiger partial charge in [-0.25, -0.2) is 4.79 Å². The molecule has 1 unspecified atom stereocenters. The van der Waals surface area contributed by atoms with Crippen molar-refractivity contribution in [2.24, 2.45) is 11.7 Å². The Bertz CT molecular complexity index is 303. The lowest BCUT2D eigenvalue weighted by molar-refractivity contribution is -0.143. The summed E-state index contributed by atoms with van der Waals surface area (Å²) < 4.78 is 0. The number of carboxylic acid groups (broad SMARTS) is 2. The van der Waals surface area contributed by atoms with Crippen molar-refractivity contribution in [2.45, 2.75) is 38.8 Å². The third kappa shape index (κ3) is 5.86. The average Bonchev–Trinajstić information content (AvgIpc) is 2.20. The van der Waals surface area contributed by atoms with Gasteiger partial charge < -0.3 is 21.3 Å². The Hall–Kier alpha value is -1.63. The fourth-order valence-electron chi connectivity index (χ4n) is 1.18. The molecule has 7 nitrogen and oxygen atoms in total. The van der Waals surface area contributed by atoms with Gasteiger partial charge in [0.15, 0.2) is 0 Å². The van der Waals surface area contributed by atoms with E-state index < -0.39 is 29.9 Å². The summed E-state index contributed by atoms with van der Waals surface area (Å²) in [6.07, 6.45) is -0.250. The zero-order valence-electron chi connectivity index (χ0n) is 9.84. The van der Waals surface area contributed by atoms with Crippen molar-refractivity contribution in [3.63, 3.8) is 0 Å². The highest BCUT2D eigenvalue weighted by atomic mass is 16.4. The number of carbonyl (C=O) groups is 3. The fraction of sp³-hybridized carbons (Fsp3) is 0.700. The minimum Gasteiger partial charge on any atom is -0.481 e. The molecule has 17 heavy (non-hydrogen) atoms. The smallest absolute Gasteiger partial charge is 0.326 e. The van der Waals surface area contributed by atoms with Crippen LogP contribution in [0.1, 0.15) is 26.7 Å². The quantitative estimate of drug-likeness (QED) is 0.474. The number of carboxylic acids is 2. The second kappa shape index (κ2) is 6.85. The minimum absolute atomic E-state index is 0.0222. The van der Waals surface area contributed by atoms with Gasteiger partial charge in [-0.1, -0.05) is 13.8 Å². The van der Waals surface area contributed by atoms with Crippen LogP contribution < -0.4 is 11.1 Å². The Kier molecular flexibility index (Phi) is 6.19. The summed E-state index contributed by atoms with van der Waals surface area (Å²) in [6.45, 7) is 3.31. The molecule has 0 aromatic heterocycles. The van der Waals surface area contributed by atoms with Crippen molar-refractivity contribution in [2.75, 3.05) is 0 Å². The average molecular weight is 246 g/mol. The maximum Gasteiger partial charge on any atom is 0.326 e. The van der Waals surface area contributed by atoms with E-state index >= 15 is 0 Å². The first-order valence-electron chi connectivity index (χ1n) is 5.26. The molecule has 2 atom stereocenters. The van der Waals surface area contributed by atoms with E-state index in [0.29, 0.717) is 0 Å². The van der Waals surface area contributed by atoms with E-state index in [1.807, 2.05) is 0 Å². The second-order valence-corrected chi connectivity index (χ2v) is 4.11. The number of hydrogen-bond donors (Lipinski definition) is 4. The summed E-state index contributed by atoms with van der Waals surface area (Å²) in [5.41, 5.74) is 5.45. The number of amides is 1. The summed E-state index contributed by atoms with van der Waals surface area (Å²) in [5.74, 6) is -3.11. The van der Waals surface area contributed by atoms with Crippen LogP contribution >= 0.6 is 0 Å². The van der Waals surface area contributed by atoms with Crippen LogP contribution in [-0.2, 0) is 14.4 Å². The highest BCUT2D eigenvalue weighted by Crippen LogP contribution is 2.03. The van der Waals surface area contributed by atoms with Gasteiger partial charge >= 0.3 is 11.9 Å². The van der Waals surface area contributed by atoms with Crippen LogP contribution in [0.3, 0.4) is 0 Å². The molecule has 0 saturated carbocycles. The van der Waals surface area contributed by atoms with Crippen molar-refractivity contribution >= 4 is 17.8 Å². The lowest BCUT2D eigenvalue weighted by atomic mass is 10.0. The van der Waals surface area contributed by atoms with Crippen molar-refractivity contribution in [3.8, 4) is 0 Å². The fourth-order valence-corrected chi connectivity index (χ4v) is 1.18. The van der Waals surface area contributed by atoms with Crippen molar-refractivity contribution in [1.29, 1.82) is 0 Å². The predicted molar refractivity (Wildman–Crippen MR) is 59.2 cm³/mol. The van der Waals surface area contributed by atoms with Crippen LogP contribution in [0.4, 0.5) is 0 Å². The number of nitrogens with two attached hydrogens (primary N) is 1. The van der Waals surface area contributed by atoms with E-state index in [0.717, 1.165) is 0 Å². The van der Waals surface area contributed by atoms with Gasteiger partial charge in [-0.3, -0.25) is 9.59 Å². The molecule has 0 bridgehead atoms. The van der Waals surface area contributed by atoms with Gasteiger partial charge in [0.1, 0.15) is 6.04 Å². The molecule has 0 rings (SSSR count). The Morgan fingerprint density at radius 2 is 1.76 bits per heavy atom. The molecule has 0 heterocycles. The number of carbonyl (C=O) groups excluding carboxylic acids is 1. The van der Waals surface area contributed by atoms with Gasteiger partial charge in [0, 0.05) is 6.42 Å². The Morgan fingerprint density at radius 1 is 1.24 bits per heavy atom. The molecular formula is C10H18N2O5. The van der Waals surface area contributed by atoms with Crippen LogP contribution in [-0.4, -0.2) is 40.1 Å². The van der Waals surface area contributed by atoms with Gasteiger partial charge in [-0.05, 0) is 12.3 Å². The molecule has 0 aliphatic rings. The van der Waals surface area contributed by atoms with E-state index in [-0.39, 0.29) is 18.8 Å². The summed E-state index contributed by atoms with van der Waals surface area (Å²) in [7, 11) is 0. The molecule has 0 saturated heterocycles. The Morgan fingerprint density at radius 3 is 2.12 bits per heavy atom. The Balaban J connectivity index is 4.31. The number of rotatable bonds is 7. The van der Waals surface area contributed by atoms with E-state index in [1.54, 1.807) is 13.8 Å². The van der Waals surface area contributed by atoms with Crippen molar-refractivity contribution in [3.05, 3.63) is 0 Å². The molecule has 5 N–H and O–H groups in total. The van der Waals surface area contributed by atoms with Gasteiger partial charge in [0.05, 0.1) is 6.04 Å². The molecule has 0 spiro atoms. The second-order valence-electron chi connectivity index (χ2n) is 4.11. The zero-order valence-corrected chi connectivity index (χ0v) is 9.84. The lowest BCUT2D eigenvalue weighted by Gasteiger charge is -2.20. The monoisotopic (exact) mass is 246 g/mol. The molecule has 98 valence electrons. The summed E-state index contributed by atoms with van der Waals surface area (Å²) >= 11 is 0. The van der Waals surface area contributed by atoms with Crippen LogP contribution in [0, 0.1) is 5.92 Å². The van der Waals surface area contributed by atoms with Crippen LogP contribution in [0.25, 0.3) is 0 Å². The molecule has 0 aliphatic carbocycles. The van der Waals surface area contributed by atoms with Gasteiger partial charge in [-0.2, -0.15) is 0 Å². The standard InChI is InChI=1S/C10H18N2O5/c1-5(2)8(10(16)17)12-9(15)6(11)3-4-7(13)14/h5-6,8H,3-4,11H2,1-2H3,(H,12,15)(H,13,14)(H,16,17)/t6?,8-/m0/s1. The minimum atomic E-state index is -1.14. The SMILES string of the molecule is CC(C)[C@H](NC(=O)C(N)CCC(=O)O)C(=O)O. The van der Waals surface area contributed by atoms with Gasteiger partial charge in [0.2, 0.25) is 5.91 Å². The molecule has 0 aromatic rings. The summed E-state index contributed by atoms with van der Waals surface area (Å²) in [6, 6.07) is -2.02. The molecule has 7 heteroatoms. The maximum absolute atomic E-state index is 11.5. The third-order valence-corrected chi connectivity index (χ3v) is 2.24. The van der Waals surface area contributed by atoms with E-state index in [9.17, 15) is 14.4 Å². The first-order valence-corrected chi connectivity index (χ1v) is 5.26. The summed E-state index contributed by atoms with van der Waals surface area (Å²) in [4.78, 5) is 32.6. The molecule has 0 radical (unpaired) electrons. The van der Waals surface area contributed by atoms with Gasteiger partial charge in [0.25, 0.3) is 0 Å². The van der Waals surface area contributed by atoms with Gasteiger partial charge in [-0.15, -0.1) is 0 Å². The molecular weight excluding hydrogens is 228 g/mol. The molecule has 0 fully saturated rings. The normalized spacial score (nSPS) is 14.1. The van der Waals surface area contributed by atoms with E-state index in [4.69, 9.17) is 15.9 Å². The number of aliphatic carboxylic acids is 2. The zero-order chi connectivity index (χ0) is 13.6. The predicted octanol–water partition coefficient (Wildman–Crippen LogP) is -0.596. The first-order chi connectivity index (χ1) is 7.75. The van der Waals surface area contributed by atoms with Crippen LogP contribution in [0.2, 0.25) is 0 Å². The molecule has 0 aromatic carbocycles. The van der Waals surface area contributed by atoms with Crippen LogP contribution in [0.5, 0.6) is 0 Å². The van der Waals surface area contributed by atoms with E-state index in [2.05, 4.69) is 5.32 Å². The molecule has 0 aliphatic heterocycles. The highest BCUT2D eigenvalue weighted by Gasteiger charge is 2.25. The number of hydrogen-bond acceptors (Lipinski definition) is 4. The van der Waals surface area contributed by atoms with Crippen LogP contribution in [0.15, 0.2) is 0 Å². The topological polar surface area (TPSA) is 130 Å². The maximum atomic E-state index is 11.5. The van der Waals surface area contributed by atoms with E-state index in [1.165, 1.54) is 0 Å². The largest absolute Gasteiger partial charge is 0.481 e. The summed E-state index contributed by atoms with van der Waals surface area (Å²) in [5, 5.41) is 19.5.